The highest BCUT2D eigenvalue weighted by Crippen LogP contribution is 2.24. The Labute approximate surface area is 156 Å². The van der Waals surface area contributed by atoms with Gasteiger partial charge in [0, 0.05) is 40.1 Å². The van der Waals surface area contributed by atoms with E-state index in [1.54, 1.807) is 12.4 Å². The predicted molar refractivity (Wildman–Crippen MR) is 102 cm³/mol. The highest BCUT2D eigenvalue weighted by molar-refractivity contribution is 7.17. The molecule has 0 aromatic carbocycles. The number of nitrogens with one attached hydrogen (secondary N) is 1. The van der Waals surface area contributed by atoms with E-state index < -0.39 is 5.91 Å². The number of aryl methyl sites for hydroxylation is 2. The molecule has 26 heavy (non-hydrogen) atoms. The molecule has 4 heterocycles. The summed E-state index contributed by atoms with van der Waals surface area (Å²) in [4.78, 5) is 39.4. The van der Waals surface area contributed by atoms with Gasteiger partial charge in [-0.3, -0.25) is 24.3 Å². The van der Waals surface area contributed by atoms with Gasteiger partial charge in [0.05, 0.1) is 5.69 Å². The van der Waals surface area contributed by atoms with Gasteiger partial charge in [-0.15, -0.1) is 22.7 Å². The molecule has 0 atom stereocenters. The monoisotopic (exact) mass is 383 g/mol. The quantitative estimate of drug-likeness (QED) is 0.587. The molecule has 0 saturated heterocycles. The van der Waals surface area contributed by atoms with Crippen LogP contribution in [0.15, 0.2) is 40.9 Å². The summed E-state index contributed by atoms with van der Waals surface area (Å²) in [6.45, 7) is 3.76. The number of carbonyl (C=O) groups excluding carboxylic acids is 1. The molecule has 0 fully saturated rings. The lowest BCUT2D eigenvalue weighted by Crippen LogP contribution is -2.26. The number of hydrogen-bond acceptors (Lipinski definition) is 7. The number of nitrogens with zero attached hydrogens (tertiary/aromatic N) is 4. The maximum absolute atomic E-state index is 12.7. The van der Waals surface area contributed by atoms with Crippen molar-refractivity contribution in [3.8, 4) is 11.3 Å². The number of pyridine rings is 1. The van der Waals surface area contributed by atoms with Crippen molar-refractivity contribution in [1.29, 1.82) is 0 Å². The van der Waals surface area contributed by atoms with Crippen LogP contribution in [0.3, 0.4) is 0 Å². The zero-order valence-corrected chi connectivity index (χ0v) is 15.5. The van der Waals surface area contributed by atoms with Crippen LogP contribution in [0.1, 0.15) is 20.9 Å². The Morgan fingerprint density at radius 2 is 2.12 bits per heavy atom. The summed E-state index contributed by atoms with van der Waals surface area (Å²) < 4.78 is 1.47. The zero-order valence-electron chi connectivity index (χ0n) is 13.9. The molecular weight excluding hydrogens is 370 g/mol. The number of anilines is 1. The largest absolute Gasteiger partial charge is 0.298 e. The molecule has 7 nitrogen and oxygen atoms in total. The van der Waals surface area contributed by atoms with E-state index in [0.717, 1.165) is 16.1 Å². The standard InChI is InChI=1S/C17H13N5O2S2/c1-9-10(2)26-17-19-7-12(15(24)22(9)17)14(23)21-16-20-13(8-25-16)11-4-3-5-18-6-11/h3-8H,1-2H3,(H,20,21,23). The number of fused-ring (bicyclic) bond motifs is 1. The van der Waals surface area contributed by atoms with Gasteiger partial charge < -0.3 is 0 Å². The van der Waals surface area contributed by atoms with Crippen molar-refractivity contribution in [1.82, 2.24) is 19.4 Å². The van der Waals surface area contributed by atoms with Crippen LogP contribution >= 0.6 is 22.7 Å². The zero-order chi connectivity index (χ0) is 18.3. The fraction of sp³-hybridized carbons (Fsp3) is 0.118. The lowest BCUT2D eigenvalue weighted by atomic mass is 10.2. The van der Waals surface area contributed by atoms with E-state index in [1.807, 2.05) is 31.4 Å². The molecule has 0 aliphatic heterocycles. The van der Waals surface area contributed by atoms with Crippen LogP contribution in [0.2, 0.25) is 0 Å². The summed E-state index contributed by atoms with van der Waals surface area (Å²) in [7, 11) is 0. The smallest absolute Gasteiger partial charge is 0.271 e. The normalized spacial score (nSPS) is 11.0. The average molecular weight is 383 g/mol. The van der Waals surface area contributed by atoms with E-state index in [2.05, 4.69) is 20.3 Å². The van der Waals surface area contributed by atoms with Crippen LogP contribution in [0.5, 0.6) is 0 Å². The molecule has 4 aromatic heterocycles. The fourth-order valence-electron chi connectivity index (χ4n) is 2.47. The van der Waals surface area contributed by atoms with Crippen LogP contribution in [0.4, 0.5) is 5.13 Å². The SMILES string of the molecule is Cc1sc2ncc(C(=O)Nc3nc(-c4cccnc4)cs3)c(=O)n2c1C. The summed E-state index contributed by atoms with van der Waals surface area (Å²) in [5.41, 5.74) is 1.98. The molecule has 1 amide bonds. The van der Waals surface area contributed by atoms with Crippen molar-refractivity contribution in [3.05, 3.63) is 62.6 Å². The lowest BCUT2D eigenvalue weighted by Gasteiger charge is -2.02. The van der Waals surface area contributed by atoms with Crippen LogP contribution in [0, 0.1) is 13.8 Å². The van der Waals surface area contributed by atoms with Crippen molar-refractivity contribution >= 4 is 38.7 Å². The van der Waals surface area contributed by atoms with E-state index in [-0.39, 0.29) is 11.1 Å². The second-order valence-electron chi connectivity index (χ2n) is 5.57. The van der Waals surface area contributed by atoms with Gasteiger partial charge >= 0.3 is 0 Å². The van der Waals surface area contributed by atoms with Crippen molar-refractivity contribution < 1.29 is 4.79 Å². The fourth-order valence-corrected chi connectivity index (χ4v) is 4.12. The molecule has 0 spiro atoms. The second kappa shape index (κ2) is 6.43. The highest BCUT2D eigenvalue weighted by Gasteiger charge is 2.18. The van der Waals surface area contributed by atoms with Gasteiger partial charge in [-0.05, 0) is 26.0 Å². The first-order valence-corrected chi connectivity index (χ1v) is 9.39. The van der Waals surface area contributed by atoms with Gasteiger partial charge in [0.15, 0.2) is 10.1 Å². The minimum Gasteiger partial charge on any atom is -0.298 e. The number of carbonyl (C=O) groups is 1. The minimum absolute atomic E-state index is 0.0125. The van der Waals surface area contributed by atoms with E-state index in [9.17, 15) is 9.59 Å². The summed E-state index contributed by atoms with van der Waals surface area (Å²) >= 11 is 2.71. The van der Waals surface area contributed by atoms with Gasteiger partial charge in [0.1, 0.15) is 5.56 Å². The summed E-state index contributed by atoms with van der Waals surface area (Å²) in [5, 5.41) is 4.92. The van der Waals surface area contributed by atoms with Crippen LogP contribution < -0.4 is 10.9 Å². The number of aromatic nitrogens is 4. The Morgan fingerprint density at radius 3 is 2.88 bits per heavy atom. The lowest BCUT2D eigenvalue weighted by molar-refractivity contribution is 0.102. The van der Waals surface area contributed by atoms with Gasteiger partial charge in [-0.25, -0.2) is 9.97 Å². The highest BCUT2D eigenvalue weighted by atomic mass is 32.1. The summed E-state index contributed by atoms with van der Waals surface area (Å²) in [6.07, 6.45) is 4.70. The number of rotatable bonds is 3. The van der Waals surface area contributed by atoms with Crippen molar-refractivity contribution in [2.45, 2.75) is 13.8 Å². The van der Waals surface area contributed by atoms with Crippen LogP contribution in [-0.4, -0.2) is 25.3 Å². The van der Waals surface area contributed by atoms with Gasteiger partial charge in [-0.1, -0.05) is 0 Å². The Balaban J connectivity index is 1.64. The Morgan fingerprint density at radius 1 is 1.27 bits per heavy atom. The molecule has 0 saturated carbocycles. The molecule has 0 aliphatic rings. The second-order valence-corrected chi connectivity index (χ2v) is 7.61. The topological polar surface area (TPSA) is 89.2 Å². The molecule has 0 unspecified atom stereocenters. The van der Waals surface area contributed by atoms with E-state index in [4.69, 9.17) is 0 Å². The first kappa shape index (κ1) is 16.6. The first-order chi connectivity index (χ1) is 12.5. The third-order valence-electron chi connectivity index (χ3n) is 3.94. The van der Waals surface area contributed by atoms with Gasteiger partial charge in [-0.2, -0.15) is 0 Å². The summed E-state index contributed by atoms with van der Waals surface area (Å²) in [5.74, 6) is -0.521. The molecule has 130 valence electrons. The average Bonchev–Trinajstić information content (AvgIpc) is 3.21. The molecule has 4 aromatic rings. The maximum Gasteiger partial charge on any atom is 0.271 e. The maximum atomic E-state index is 12.7. The third kappa shape index (κ3) is 2.80. The van der Waals surface area contributed by atoms with Gasteiger partial charge in [0.2, 0.25) is 0 Å². The molecule has 9 heteroatoms. The van der Waals surface area contributed by atoms with Crippen molar-refractivity contribution in [3.63, 3.8) is 0 Å². The van der Waals surface area contributed by atoms with E-state index >= 15 is 0 Å². The number of amides is 1. The Kier molecular flexibility index (Phi) is 4.09. The summed E-state index contributed by atoms with van der Waals surface area (Å²) in [6, 6.07) is 3.71. The molecule has 4 rings (SSSR count). The van der Waals surface area contributed by atoms with Crippen LogP contribution in [-0.2, 0) is 0 Å². The van der Waals surface area contributed by atoms with Gasteiger partial charge in [0.25, 0.3) is 11.5 Å². The third-order valence-corrected chi connectivity index (χ3v) is 5.77. The molecular formula is C17H13N5O2S2. The number of thiazole rings is 2. The number of hydrogen-bond donors (Lipinski definition) is 1. The first-order valence-electron chi connectivity index (χ1n) is 7.69. The van der Waals surface area contributed by atoms with E-state index in [1.165, 1.54) is 33.3 Å². The Hall–Kier alpha value is -2.91. The van der Waals surface area contributed by atoms with Crippen molar-refractivity contribution in [2.75, 3.05) is 5.32 Å². The predicted octanol–water partition coefficient (Wildman–Crippen LogP) is 3.14. The molecule has 0 bridgehead atoms. The van der Waals surface area contributed by atoms with Crippen molar-refractivity contribution in [2.24, 2.45) is 0 Å². The Bertz CT molecular complexity index is 1180. The minimum atomic E-state index is -0.521. The molecule has 0 radical (unpaired) electrons. The molecule has 0 aliphatic carbocycles. The molecule has 1 N–H and O–H groups in total. The van der Waals surface area contributed by atoms with Crippen LogP contribution in [0.25, 0.3) is 16.2 Å². The van der Waals surface area contributed by atoms with E-state index in [0.29, 0.717) is 15.8 Å².